The Kier molecular flexibility index (Phi) is 7.19. The highest BCUT2D eigenvalue weighted by Crippen LogP contribution is 2.22. The number of carbonyl (C=O) groups is 2. The quantitative estimate of drug-likeness (QED) is 0.650. The van der Waals surface area contributed by atoms with Gasteiger partial charge in [0.25, 0.3) is 0 Å². The maximum Gasteiger partial charge on any atom is 0.220 e. The summed E-state index contributed by atoms with van der Waals surface area (Å²) in [5.41, 5.74) is 1.60. The largest absolute Gasteiger partial charge is 0.494 e. The maximum atomic E-state index is 12.2. The molecule has 1 atom stereocenters. The molecule has 1 N–H and O–H groups in total. The summed E-state index contributed by atoms with van der Waals surface area (Å²) in [6, 6.07) is 14.6. The fourth-order valence-electron chi connectivity index (χ4n) is 2.49. The number of amides is 1. The molecule has 0 spiro atoms. The van der Waals surface area contributed by atoms with E-state index in [4.69, 9.17) is 4.74 Å². The van der Waals surface area contributed by atoms with Gasteiger partial charge < -0.3 is 10.1 Å². The van der Waals surface area contributed by atoms with Crippen LogP contribution in [0.3, 0.4) is 0 Å². The average molecular weight is 404 g/mol. The molecule has 4 nitrogen and oxygen atoms in total. The van der Waals surface area contributed by atoms with Gasteiger partial charge in [-0.05, 0) is 49.7 Å². The molecule has 0 radical (unpaired) electrons. The number of hydrogen-bond donors (Lipinski definition) is 1. The number of ketones is 1. The van der Waals surface area contributed by atoms with Gasteiger partial charge in [0.1, 0.15) is 5.75 Å². The fourth-order valence-corrected chi connectivity index (χ4v) is 3.12. The first kappa shape index (κ1) is 19.2. The van der Waals surface area contributed by atoms with Crippen molar-refractivity contribution in [1.29, 1.82) is 0 Å². The van der Waals surface area contributed by atoms with Gasteiger partial charge >= 0.3 is 0 Å². The van der Waals surface area contributed by atoms with Crippen LogP contribution in [0, 0.1) is 0 Å². The van der Waals surface area contributed by atoms with Gasteiger partial charge in [0.15, 0.2) is 5.78 Å². The van der Waals surface area contributed by atoms with Gasteiger partial charge in [-0.2, -0.15) is 0 Å². The highest BCUT2D eigenvalue weighted by atomic mass is 79.9. The Hall–Kier alpha value is -2.14. The molecule has 2 rings (SSSR count). The molecule has 2 aromatic carbocycles. The van der Waals surface area contributed by atoms with E-state index in [9.17, 15) is 9.59 Å². The molecule has 25 heavy (non-hydrogen) atoms. The molecule has 0 fully saturated rings. The molecule has 132 valence electrons. The Balaban J connectivity index is 1.84. The van der Waals surface area contributed by atoms with Gasteiger partial charge in [0, 0.05) is 22.9 Å². The summed E-state index contributed by atoms with van der Waals surface area (Å²) in [7, 11) is 0. The summed E-state index contributed by atoms with van der Waals surface area (Å²) in [5, 5.41) is 2.93. The maximum absolute atomic E-state index is 12.2. The zero-order valence-corrected chi connectivity index (χ0v) is 16.0. The summed E-state index contributed by atoms with van der Waals surface area (Å²) < 4.78 is 6.31. The second-order valence-electron chi connectivity index (χ2n) is 5.69. The van der Waals surface area contributed by atoms with E-state index in [0.29, 0.717) is 12.2 Å². The SMILES string of the molecule is CCOc1ccc(C(=O)CCC(=O)NC(C)c2ccccc2Br)cc1. The van der Waals surface area contributed by atoms with Crippen molar-refractivity contribution in [1.82, 2.24) is 5.32 Å². The summed E-state index contributed by atoms with van der Waals surface area (Å²) >= 11 is 3.48. The van der Waals surface area contributed by atoms with Crippen LogP contribution in [0.1, 0.15) is 48.7 Å². The fraction of sp³-hybridized carbons (Fsp3) is 0.300. The van der Waals surface area contributed by atoms with E-state index in [1.807, 2.05) is 38.1 Å². The number of halogens is 1. The number of ether oxygens (including phenoxy) is 1. The van der Waals surface area contributed by atoms with Crippen LogP contribution in [0.5, 0.6) is 5.75 Å². The molecule has 0 aliphatic heterocycles. The van der Waals surface area contributed by atoms with Crippen LogP contribution in [0.4, 0.5) is 0 Å². The molecule has 1 unspecified atom stereocenters. The van der Waals surface area contributed by atoms with Crippen molar-refractivity contribution in [2.24, 2.45) is 0 Å². The van der Waals surface area contributed by atoms with Crippen molar-refractivity contribution < 1.29 is 14.3 Å². The molecule has 0 heterocycles. The normalized spacial score (nSPS) is 11.6. The Bertz CT molecular complexity index is 728. The van der Waals surface area contributed by atoms with Crippen LogP contribution in [-0.4, -0.2) is 18.3 Å². The van der Waals surface area contributed by atoms with Crippen LogP contribution in [-0.2, 0) is 4.79 Å². The molecule has 0 bridgehead atoms. The molecule has 0 aliphatic rings. The molecule has 0 aromatic heterocycles. The van der Waals surface area contributed by atoms with Crippen LogP contribution < -0.4 is 10.1 Å². The van der Waals surface area contributed by atoms with E-state index < -0.39 is 0 Å². The van der Waals surface area contributed by atoms with Crippen molar-refractivity contribution in [3.05, 3.63) is 64.1 Å². The zero-order chi connectivity index (χ0) is 18.2. The van der Waals surface area contributed by atoms with Gasteiger partial charge in [-0.25, -0.2) is 0 Å². The molecule has 1 amide bonds. The predicted octanol–water partition coefficient (Wildman–Crippen LogP) is 4.69. The zero-order valence-electron chi connectivity index (χ0n) is 14.4. The number of benzene rings is 2. The Labute approximate surface area is 156 Å². The minimum absolute atomic E-state index is 0.0493. The second kappa shape index (κ2) is 9.37. The molecule has 0 saturated carbocycles. The lowest BCUT2D eigenvalue weighted by Gasteiger charge is -2.15. The van der Waals surface area contributed by atoms with Gasteiger partial charge in [-0.15, -0.1) is 0 Å². The second-order valence-corrected chi connectivity index (χ2v) is 6.55. The van der Waals surface area contributed by atoms with Crippen LogP contribution >= 0.6 is 15.9 Å². The van der Waals surface area contributed by atoms with Crippen LogP contribution in [0.2, 0.25) is 0 Å². The minimum atomic E-state index is -0.137. The number of nitrogens with one attached hydrogen (secondary N) is 1. The van der Waals surface area contributed by atoms with Crippen LogP contribution in [0.25, 0.3) is 0 Å². The van der Waals surface area contributed by atoms with Crippen molar-refractivity contribution in [3.63, 3.8) is 0 Å². The first-order chi connectivity index (χ1) is 12.0. The number of hydrogen-bond acceptors (Lipinski definition) is 3. The van der Waals surface area contributed by atoms with E-state index >= 15 is 0 Å². The molecule has 0 saturated heterocycles. The van der Waals surface area contributed by atoms with E-state index in [1.165, 1.54) is 0 Å². The summed E-state index contributed by atoms with van der Waals surface area (Å²) in [5.74, 6) is 0.549. The third kappa shape index (κ3) is 5.71. The van der Waals surface area contributed by atoms with Gasteiger partial charge in [-0.1, -0.05) is 34.1 Å². The van der Waals surface area contributed by atoms with Gasteiger partial charge in [0.2, 0.25) is 5.91 Å². The third-order valence-corrected chi connectivity index (χ3v) is 4.54. The highest BCUT2D eigenvalue weighted by Gasteiger charge is 2.14. The number of rotatable bonds is 8. The average Bonchev–Trinajstić information content (AvgIpc) is 2.61. The third-order valence-electron chi connectivity index (χ3n) is 3.82. The monoisotopic (exact) mass is 403 g/mol. The molecule has 2 aromatic rings. The molecular formula is C20H22BrNO3. The molecular weight excluding hydrogens is 382 g/mol. The van der Waals surface area contributed by atoms with E-state index in [1.54, 1.807) is 24.3 Å². The van der Waals surface area contributed by atoms with E-state index in [-0.39, 0.29) is 30.6 Å². The van der Waals surface area contributed by atoms with Crippen molar-refractivity contribution in [2.75, 3.05) is 6.61 Å². The minimum Gasteiger partial charge on any atom is -0.494 e. The summed E-state index contributed by atoms with van der Waals surface area (Å²) in [6.07, 6.45) is 0.351. The van der Waals surface area contributed by atoms with Gasteiger partial charge in [0.05, 0.1) is 12.6 Å². The van der Waals surface area contributed by atoms with E-state index in [0.717, 1.165) is 15.8 Å². The van der Waals surface area contributed by atoms with Crippen molar-refractivity contribution in [2.45, 2.75) is 32.7 Å². The number of carbonyl (C=O) groups excluding carboxylic acids is 2. The van der Waals surface area contributed by atoms with Crippen LogP contribution in [0.15, 0.2) is 53.0 Å². The summed E-state index contributed by atoms with van der Waals surface area (Å²) in [6.45, 7) is 4.42. The Morgan fingerprint density at radius 1 is 1.08 bits per heavy atom. The first-order valence-electron chi connectivity index (χ1n) is 8.31. The lowest BCUT2D eigenvalue weighted by atomic mass is 10.1. The molecule has 0 aliphatic carbocycles. The van der Waals surface area contributed by atoms with Gasteiger partial charge in [-0.3, -0.25) is 9.59 Å². The van der Waals surface area contributed by atoms with Crippen molar-refractivity contribution >= 4 is 27.6 Å². The lowest BCUT2D eigenvalue weighted by molar-refractivity contribution is -0.121. The molecule has 5 heteroatoms. The summed E-state index contributed by atoms with van der Waals surface area (Å²) in [4.78, 5) is 24.3. The predicted molar refractivity (Wildman–Crippen MR) is 102 cm³/mol. The van der Waals surface area contributed by atoms with E-state index in [2.05, 4.69) is 21.2 Å². The highest BCUT2D eigenvalue weighted by molar-refractivity contribution is 9.10. The smallest absolute Gasteiger partial charge is 0.220 e. The Morgan fingerprint density at radius 3 is 2.40 bits per heavy atom. The number of Topliss-reactive ketones (excluding diaryl/α,β-unsaturated/α-hetero) is 1. The van der Waals surface area contributed by atoms with Crippen molar-refractivity contribution in [3.8, 4) is 5.75 Å². The standard InChI is InChI=1S/C20H22BrNO3/c1-3-25-16-10-8-15(9-11-16)19(23)12-13-20(24)22-14(2)17-6-4-5-7-18(17)21/h4-11,14H,3,12-13H2,1-2H3,(H,22,24). The lowest BCUT2D eigenvalue weighted by Crippen LogP contribution is -2.27. The topological polar surface area (TPSA) is 55.4 Å². The Morgan fingerprint density at radius 2 is 1.76 bits per heavy atom. The first-order valence-corrected chi connectivity index (χ1v) is 9.10.